The Morgan fingerprint density at radius 2 is 1.83 bits per heavy atom. The van der Waals surface area contributed by atoms with Crippen molar-refractivity contribution in [2.24, 2.45) is 0 Å². The molecular weight excluding hydrogens is 496 g/mol. The van der Waals surface area contributed by atoms with E-state index in [2.05, 4.69) is 30.9 Å². The van der Waals surface area contributed by atoms with E-state index in [0.717, 1.165) is 26.7 Å². The van der Waals surface area contributed by atoms with Gasteiger partial charge in [0.15, 0.2) is 5.82 Å². The van der Waals surface area contributed by atoms with E-state index in [9.17, 15) is 4.79 Å². The van der Waals surface area contributed by atoms with Crippen LogP contribution in [0.2, 0.25) is 5.02 Å². The van der Waals surface area contributed by atoms with E-state index in [4.69, 9.17) is 16.3 Å². The molecule has 0 saturated heterocycles. The molecule has 0 atom stereocenters. The van der Waals surface area contributed by atoms with Gasteiger partial charge in [-0.2, -0.15) is 4.98 Å². The summed E-state index contributed by atoms with van der Waals surface area (Å²) < 4.78 is 6.11. The maximum atomic E-state index is 12.8. The molecule has 0 aliphatic rings. The van der Waals surface area contributed by atoms with E-state index in [1.165, 1.54) is 17.5 Å². The number of carbonyl (C=O) groups is 1. The first-order chi connectivity index (χ1) is 17.2. The van der Waals surface area contributed by atoms with Gasteiger partial charge in [0.1, 0.15) is 10.8 Å². The van der Waals surface area contributed by atoms with Crippen LogP contribution in [-0.2, 0) is 0 Å². The van der Waals surface area contributed by atoms with Gasteiger partial charge in [0.2, 0.25) is 5.95 Å². The monoisotopic (exact) mass is 522 g/mol. The maximum Gasteiger partial charge on any atom is 0.251 e. The van der Waals surface area contributed by atoms with Gasteiger partial charge in [0.05, 0.1) is 33.4 Å². The number of carbonyl (C=O) groups excluding carboxylic acids is 1. The number of ether oxygens (including phenoxy) is 1. The van der Waals surface area contributed by atoms with Crippen molar-refractivity contribution in [3.63, 3.8) is 0 Å². The molecule has 36 heavy (non-hydrogen) atoms. The van der Waals surface area contributed by atoms with E-state index in [-0.39, 0.29) is 12.0 Å². The van der Waals surface area contributed by atoms with Crippen molar-refractivity contribution >= 4 is 52.0 Å². The molecule has 3 N–H and O–H groups in total. The molecule has 2 aromatic heterocycles. The summed E-state index contributed by atoms with van der Waals surface area (Å²) in [5.74, 6) is 1.09. The number of hydrogen-bond donors (Lipinski definition) is 3. The molecule has 1 amide bonds. The van der Waals surface area contributed by atoms with Crippen LogP contribution in [0.5, 0.6) is 5.75 Å². The predicted molar refractivity (Wildman–Crippen MR) is 146 cm³/mol. The van der Waals surface area contributed by atoms with Crippen LogP contribution in [0, 0.1) is 13.8 Å². The van der Waals surface area contributed by atoms with Crippen LogP contribution in [0.25, 0.3) is 10.4 Å². The summed E-state index contributed by atoms with van der Waals surface area (Å²) in [7, 11) is 1.60. The normalized spacial score (nSPS) is 10.9. The van der Waals surface area contributed by atoms with Crippen molar-refractivity contribution in [3.8, 4) is 16.2 Å². The van der Waals surface area contributed by atoms with E-state index in [1.807, 2.05) is 58.0 Å². The van der Waals surface area contributed by atoms with Crippen LogP contribution in [0.4, 0.5) is 23.1 Å². The fraction of sp³-hybridized carbons (Fsp3) is 0.231. The lowest BCUT2D eigenvalue weighted by Crippen LogP contribution is -2.19. The molecule has 0 bridgehead atoms. The van der Waals surface area contributed by atoms with Crippen LogP contribution < -0.4 is 20.7 Å². The number of aromatic nitrogens is 3. The Morgan fingerprint density at radius 1 is 1.06 bits per heavy atom. The minimum Gasteiger partial charge on any atom is -0.489 e. The zero-order valence-corrected chi connectivity index (χ0v) is 22.2. The second-order valence-electron chi connectivity index (χ2n) is 8.34. The van der Waals surface area contributed by atoms with Gasteiger partial charge in [0, 0.05) is 24.5 Å². The summed E-state index contributed by atoms with van der Waals surface area (Å²) in [5, 5.41) is 10.5. The molecule has 0 saturated carbocycles. The number of para-hydroxylation sites is 1. The second kappa shape index (κ2) is 10.9. The van der Waals surface area contributed by atoms with Crippen molar-refractivity contribution < 1.29 is 9.53 Å². The molecule has 4 rings (SSSR count). The van der Waals surface area contributed by atoms with Gasteiger partial charge in [-0.25, -0.2) is 9.97 Å². The number of rotatable bonds is 8. The molecule has 0 spiro atoms. The Bertz CT molecular complexity index is 1410. The number of thiazole rings is 1. The molecule has 186 valence electrons. The number of aryl methyl sites for hydroxylation is 2. The Balaban J connectivity index is 1.76. The van der Waals surface area contributed by atoms with Gasteiger partial charge in [-0.15, -0.1) is 11.3 Å². The van der Waals surface area contributed by atoms with Crippen molar-refractivity contribution in [2.75, 3.05) is 17.7 Å². The summed E-state index contributed by atoms with van der Waals surface area (Å²) in [6.07, 6.45) is 3.19. The third-order valence-electron chi connectivity index (χ3n) is 5.23. The Labute approximate surface area is 219 Å². The number of hydrogen-bond acceptors (Lipinski definition) is 8. The van der Waals surface area contributed by atoms with Gasteiger partial charge < -0.3 is 20.7 Å². The lowest BCUT2D eigenvalue weighted by Gasteiger charge is -2.19. The minimum absolute atomic E-state index is 0.100. The summed E-state index contributed by atoms with van der Waals surface area (Å²) >= 11 is 7.89. The highest BCUT2D eigenvalue weighted by Crippen LogP contribution is 2.38. The highest BCUT2D eigenvalue weighted by molar-refractivity contribution is 7.15. The lowest BCUT2D eigenvalue weighted by atomic mass is 10.0. The third-order valence-corrected chi connectivity index (χ3v) is 6.45. The van der Waals surface area contributed by atoms with Crippen molar-refractivity contribution in [2.45, 2.75) is 33.8 Å². The molecule has 0 fully saturated rings. The van der Waals surface area contributed by atoms with Crippen LogP contribution >= 0.6 is 22.9 Å². The molecule has 8 nitrogen and oxygen atoms in total. The SMILES string of the molecule is CNC(=O)c1cc(Nc2ncc(Cl)c(Nc3ccccc3C)n2)c(OC(C)C)cc1-c1cnc(C)s1. The topological polar surface area (TPSA) is 101 Å². The van der Waals surface area contributed by atoms with Crippen LogP contribution in [0.15, 0.2) is 48.8 Å². The number of halogens is 1. The minimum atomic E-state index is -0.228. The summed E-state index contributed by atoms with van der Waals surface area (Å²) in [5.41, 5.74) is 3.71. The summed E-state index contributed by atoms with van der Waals surface area (Å²) in [4.78, 5) is 27.0. The molecule has 2 heterocycles. The molecule has 0 aliphatic heterocycles. The fourth-order valence-electron chi connectivity index (χ4n) is 3.52. The first-order valence-electron chi connectivity index (χ1n) is 11.4. The highest BCUT2D eigenvalue weighted by Gasteiger charge is 2.20. The van der Waals surface area contributed by atoms with Crippen LogP contribution in [0.1, 0.15) is 34.8 Å². The summed E-state index contributed by atoms with van der Waals surface area (Å²) in [6, 6.07) is 11.4. The second-order valence-corrected chi connectivity index (χ2v) is 9.98. The van der Waals surface area contributed by atoms with Gasteiger partial charge >= 0.3 is 0 Å². The molecular formula is C26H27ClN6O2S. The van der Waals surface area contributed by atoms with E-state index < -0.39 is 0 Å². The summed E-state index contributed by atoms with van der Waals surface area (Å²) in [6.45, 7) is 7.81. The Morgan fingerprint density at radius 3 is 2.50 bits per heavy atom. The van der Waals surface area contributed by atoms with Gasteiger partial charge in [-0.3, -0.25) is 4.79 Å². The smallest absolute Gasteiger partial charge is 0.251 e. The Kier molecular flexibility index (Phi) is 7.71. The molecule has 0 radical (unpaired) electrons. The molecule has 4 aromatic rings. The first-order valence-corrected chi connectivity index (χ1v) is 12.6. The largest absolute Gasteiger partial charge is 0.489 e. The average molecular weight is 523 g/mol. The quantitative estimate of drug-likeness (QED) is 0.242. The fourth-order valence-corrected chi connectivity index (χ4v) is 4.46. The van der Waals surface area contributed by atoms with Gasteiger partial charge in [0.25, 0.3) is 5.91 Å². The maximum absolute atomic E-state index is 12.8. The van der Waals surface area contributed by atoms with E-state index >= 15 is 0 Å². The number of amides is 1. The van der Waals surface area contributed by atoms with E-state index in [0.29, 0.717) is 33.8 Å². The number of nitrogens with one attached hydrogen (secondary N) is 3. The van der Waals surface area contributed by atoms with Crippen molar-refractivity contribution in [3.05, 3.63) is 69.9 Å². The standard InChI is InChI=1S/C26H27ClN6O2S/c1-14(2)35-22-11-17(23-13-29-16(4)36-23)18(25(34)28-5)10-21(22)32-26-30-12-19(27)24(33-26)31-20-9-7-6-8-15(20)3/h6-14H,1-5H3,(H,28,34)(H2,30,31,32,33). The lowest BCUT2D eigenvalue weighted by molar-refractivity contribution is 0.0963. The van der Waals surface area contributed by atoms with E-state index in [1.54, 1.807) is 19.3 Å². The predicted octanol–water partition coefficient (Wildman–Crippen LogP) is 6.50. The van der Waals surface area contributed by atoms with Crippen LogP contribution in [0.3, 0.4) is 0 Å². The highest BCUT2D eigenvalue weighted by atomic mass is 35.5. The van der Waals surface area contributed by atoms with Crippen molar-refractivity contribution in [1.82, 2.24) is 20.3 Å². The molecule has 2 aromatic carbocycles. The molecule has 0 aliphatic carbocycles. The number of benzene rings is 2. The van der Waals surface area contributed by atoms with Crippen molar-refractivity contribution in [1.29, 1.82) is 0 Å². The molecule has 0 unspecified atom stereocenters. The number of anilines is 4. The van der Waals surface area contributed by atoms with Gasteiger partial charge in [-0.1, -0.05) is 29.8 Å². The first kappa shape index (κ1) is 25.4. The average Bonchev–Trinajstić information content (AvgIpc) is 3.28. The van der Waals surface area contributed by atoms with Crippen LogP contribution in [-0.4, -0.2) is 34.0 Å². The molecule has 10 heteroatoms. The number of nitrogens with zero attached hydrogens (tertiary/aromatic N) is 3. The Hall–Kier alpha value is -3.69. The zero-order valence-electron chi connectivity index (χ0n) is 20.6. The third kappa shape index (κ3) is 5.75. The zero-order chi connectivity index (χ0) is 25.8. The van der Waals surface area contributed by atoms with Gasteiger partial charge in [-0.05, 0) is 51.5 Å².